The molecule has 2 unspecified atom stereocenters. The highest BCUT2D eigenvalue weighted by Crippen LogP contribution is 2.35. The predicted molar refractivity (Wildman–Crippen MR) is 60.0 cm³/mol. The first-order valence-electron chi connectivity index (χ1n) is 6.40. The smallest absolute Gasteiger partial charge is 0.243 e. The molecule has 4 nitrogen and oxygen atoms in total. The van der Waals surface area contributed by atoms with Crippen LogP contribution in [-0.2, 0) is 0 Å². The third kappa shape index (κ3) is 1.86. The van der Waals surface area contributed by atoms with Crippen molar-refractivity contribution in [2.45, 2.75) is 51.0 Å². The van der Waals surface area contributed by atoms with Crippen LogP contribution in [0.25, 0.3) is 0 Å². The molecule has 1 aliphatic carbocycles. The number of aromatic nitrogens is 2. The lowest BCUT2D eigenvalue weighted by molar-refractivity contribution is 0.258. The fourth-order valence-electron chi connectivity index (χ4n) is 2.52. The van der Waals surface area contributed by atoms with Gasteiger partial charge in [-0.05, 0) is 38.1 Å². The van der Waals surface area contributed by atoms with Crippen LogP contribution in [0.5, 0.6) is 0 Å². The molecule has 1 aromatic heterocycles. The molecule has 1 N–H and O–H groups in total. The minimum absolute atomic E-state index is 0.282. The van der Waals surface area contributed by atoms with Crippen LogP contribution >= 0.6 is 0 Å². The monoisotopic (exact) mass is 221 g/mol. The lowest BCUT2D eigenvalue weighted by atomic mass is 9.85. The summed E-state index contributed by atoms with van der Waals surface area (Å²) in [5.74, 6) is 3.05. The quantitative estimate of drug-likeness (QED) is 0.833. The van der Waals surface area contributed by atoms with E-state index in [1.165, 1.54) is 25.7 Å². The van der Waals surface area contributed by atoms with Gasteiger partial charge in [0.05, 0.1) is 6.04 Å². The molecule has 0 amide bonds. The predicted octanol–water partition coefficient (Wildman–Crippen LogP) is 2.40. The van der Waals surface area contributed by atoms with E-state index in [0.29, 0.717) is 5.92 Å². The first-order chi connectivity index (χ1) is 7.83. The van der Waals surface area contributed by atoms with Gasteiger partial charge in [0.1, 0.15) is 0 Å². The van der Waals surface area contributed by atoms with Crippen LogP contribution in [0.1, 0.15) is 62.7 Å². The van der Waals surface area contributed by atoms with Crippen molar-refractivity contribution in [3.8, 4) is 0 Å². The average Bonchev–Trinajstić information content (AvgIpc) is 2.64. The lowest BCUT2D eigenvalue weighted by Crippen LogP contribution is -2.31. The number of nitrogens with zero attached hydrogens (tertiary/aromatic N) is 2. The maximum absolute atomic E-state index is 5.39. The van der Waals surface area contributed by atoms with E-state index in [-0.39, 0.29) is 6.04 Å². The van der Waals surface area contributed by atoms with Crippen LogP contribution in [0.3, 0.4) is 0 Å². The van der Waals surface area contributed by atoms with E-state index >= 15 is 0 Å². The Bertz CT molecular complexity index is 359. The number of hydrogen-bond donors (Lipinski definition) is 1. The molecule has 0 aromatic carbocycles. The number of rotatable bonds is 2. The van der Waals surface area contributed by atoms with Crippen molar-refractivity contribution in [1.82, 2.24) is 15.5 Å². The second-order valence-corrected chi connectivity index (χ2v) is 5.25. The first kappa shape index (κ1) is 10.3. The molecule has 2 aliphatic rings. The standard InChI is InChI=1S/C12H19N3O/c1-8-5-6-13-10(7-8)12-14-11(15-16-12)9-3-2-4-9/h8-10,13H,2-7H2,1H3. The molecule has 1 saturated carbocycles. The van der Waals surface area contributed by atoms with E-state index in [2.05, 4.69) is 22.4 Å². The van der Waals surface area contributed by atoms with Gasteiger partial charge in [-0.3, -0.25) is 0 Å². The van der Waals surface area contributed by atoms with E-state index in [0.717, 1.165) is 30.6 Å². The van der Waals surface area contributed by atoms with Gasteiger partial charge in [0, 0.05) is 5.92 Å². The Hall–Kier alpha value is -0.900. The van der Waals surface area contributed by atoms with Gasteiger partial charge in [0.25, 0.3) is 0 Å². The van der Waals surface area contributed by atoms with Crippen molar-refractivity contribution in [3.05, 3.63) is 11.7 Å². The fourth-order valence-corrected chi connectivity index (χ4v) is 2.52. The Kier molecular flexibility index (Phi) is 2.67. The van der Waals surface area contributed by atoms with Gasteiger partial charge in [-0.1, -0.05) is 18.5 Å². The molecule has 3 rings (SSSR count). The van der Waals surface area contributed by atoms with E-state index in [1.54, 1.807) is 0 Å². The molecule has 1 saturated heterocycles. The second-order valence-electron chi connectivity index (χ2n) is 5.25. The van der Waals surface area contributed by atoms with Crippen molar-refractivity contribution >= 4 is 0 Å². The zero-order valence-electron chi connectivity index (χ0n) is 9.78. The Morgan fingerprint density at radius 1 is 1.31 bits per heavy atom. The molecular weight excluding hydrogens is 202 g/mol. The Balaban J connectivity index is 1.70. The zero-order valence-corrected chi connectivity index (χ0v) is 9.78. The highest BCUT2D eigenvalue weighted by Gasteiger charge is 2.28. The highest BCUT2D eigenvalue weighted by atomic mass is 16.5. The fraction of sp³-hybridized carbons (Fsp3) is 0.833. The summed E-state index contributed by atoms with van der Waals surface area (Å²) >= 11 is 0. The van der Waals surface area contributed by atoms with Gasteiger partial charge in [-0.15, -0.1) is 0 Å². The lowest BCUT2D eigenvalue weighted by Gasteiger charge is -2.25. The Morgan fingerprint density at radius 3 is 2.88 bits per heavy atom. The normalized spacial score (nSPS) is 31.3. The van der Waals surface area contributed by atoms with E-state index in [1.807, 2.05) is 0 Å². The summed E-state index contributed by atoms with van der Waals surface area (Å²) in [5, 5.41) is 7.57. The van der Waals surface area contributed by atoms with Crippen LogP contribution in [0, 0.1) is 5.92 Å². The zero-order chi connectivity index (χ0) is 11.0. The largest absolute Gasteiger partial charge is 0.338 e. The topological polar surface area (TPSA) is 51.0 Å². The molecule has 4 heteroatoms. The summed E-state index contributed by atoms with van der Waals surface area (Å²) in [6.07, 6.45) is 6.14. The van der Waals surface area contributed by atoms with E-state index in [4.69, 9.17) is 4.52 Å². The molecule has 2 fully saturated rings. The van der Waals surface area contributed by atoms with Crippen LogP contribution < -0.4 is 5.32 Å². The third-order valence-electron chi connectivity index (χ3n) is 3.89. The Morgan fingerprint density at radius 2 is 2.19 bits per heavy atom. The summed E-state index contributed by atoms with van der Waals surface area (Å²) in [6.45, 7) is 3.35. The SMILES string of the molecule is CC1CCNC(c2nc(C3CCC3)no2)C1. The minimum atomic E-state index is 0.282. The summed E-state index contributed by atoms with van der Waals surface area (Å²) in [4.78, 5) is 4.55. The number of piperidine rings is 1. The van der Waals surface area contributed by atoms with Crippen molar-refractivity contribution in [2.24, 2.45) is 5.92 Å². The maximum Gasteiger partial charge on any atom is 0.243 e. The molecular formula is C12H19N3O. The van der Waals surface area contributed by atoms with Gasteiger partial charge >= 0.3 is 0 Å². The molecule has 2 atom stereocenters. The van der Waals surface area contributed by atoms with Gasteiger partial charge in [0.15, 0.2) is 5.82 Å². The summed E-state index contributed by atoms with van der Waals surface area (Å²) in [7, 11) is 0. The van der Waals surface area contributed by atoms with Crippen molar-refractivity contribution in [2.75, 3.05) is 6.54 Å². The van der Waals surface area contributed by atoms with Gasteiger partial charge in [-0.25, -0.2) is 0 Å². The second kappa shape index (κ2) is 4.17. The molecule has 0 spiro atoms. The first-order valence-corrected chi connectivity index (χ1v) is 6.40. The summed E-state index contributed by atoms with van der Waals surface area (Å²) in [6, 6.07) is 0.282. The van der Waals surface area contributed by atoms with Gasteiger partial charge < -0.3 is 9.84 Å². The molecule has 88 valence electrons. The van der Waals surface area contributed by atoms with Crippen LogP contribution in [-0.4, -0.2) is 16.7 Å². The summed E-state index contributed by atoms with van der Waals surface area (Å²) < 4.78 is 5.39. The van der Waals surface area contributed by atoms with Crippen LogP contribution in [0.2, 0.25) is 0 Å². The molecule has 1 aromatic rings. The maximum atomic E-state index is 5.39. The van der Waals surface area contributed by atoms with E-state index in [9.17, 15) is 0 Å². The van der Waals surface area contributed by atoms with Crippen molar-refractivity contribution in [3.63, 3.8) is 0 Å². The average molecular weight is 221 g/mol. The van der Waals surface area contributed by atoms with Crippen LogP contribution in [0.15, 0.2) is 4.52 Å². The van der Waals surface area contributed by atoms with Crippen molar-refractivity contribution < 1.29 is 4.52 Å². The number of hydrogen-bond acceptors (Lipinski definition) is 4. The van der Waals surface area contributed by atoms with Gasteiger partial charge in [-0.2, -0.15) is 4.98 Å². The molecule has 16 heavy (non-hydrogen) atoms. The van der Waals surface area contributed by atoms with Gasteiger partial charge in [0.2, 0.25) is 5.89 Å². The molecule has 2 heterocycles. The Labute approximate surface area is 95.8 Å². The van der Waals surface area contributed by atoms with E-state index < -0.39 is 0 Å². The minimum Gasteiger partial charge on any atom is -0.338 e. The molecule has 0 bridgehead atoms. The third-order valence-corrected chi connectivity index (χ3v) is 3.89. The molecule has 1 aliphatic heterocycles. The number of nitrogens with one attached hydrogen (secondary N) is 1. The summed E-state index contributed by atoms with van der Waals surface area (Å²) in [5.41, 5.74) is 0. The van der Waals surface area contributed by atoms with Crippen molar-refractivity contribution in [1.29, 1.82) is 0 Å². The highest BCUT2D eigenvalue weighted by molar-refractivity contribution is 5.02. The molecule has 0 radical (unpaired) electrons. The van der Waals surface area contributed by atoms with Crippen LogP contribution in [0.4, 0.5) is 0 Å².